The van der Waals surface area contributed by atoms with Crippen molar-refractivity contribution in [3.63, 3.8) is 0 Å². The number of aliphatic hydroxyl groups is 1. The number of halogens is 2. The van der Waals surface area contributed by atoms with Gasteiger partial charge in [0, 0.05) is 16.9 Å². The molecule has 0 heterocycles. The van der Waals surface area contributed by atoms with Crippen molar-refractivity contribution in [2.45, 2.75) is 24.5 Å². The maximum Gasteiger partial charge on any atom is 0.124 e. The van der Waals surface area contributed by atoms with Crippen LogP contribution in [0.25, 0.3) is 0 Å². The van der Waals surface area contributed by atoms with Crippen molar-refractivity contribution < 1.29 is 9.50 Å². The molecule has 0 saturated carbocycles. The van der Waals surface area contributed by atoms with E-state index in [1.54, 1.807) is 6.07 Å². The van der Waals surface area contributed by atoms with Gasteiger partial charge in [-0.3, -0.25) is 0 Å². The lowest BCUT2D eigenvalue weighted by molar-refractivity contribution is 0.0340. The second-order valence-electron chi connectivity index (χ2n) is 5.34. The van der Waals surface area contributed by atoms with Crippen LogP contribution >= 0.6 is 15.9 Å². The first kappa shape index (κ1) is 13.7. The zero-order valence-electron chi connectivity index (χ0n) is 10.8. The van der Waals surface area contributed by atoms with Crippen molar-refractivity contribution in [3.05, 3.63) is 69.4 Å². The second kappa shape index (κ2) is 4.95. The maximum absolute atomic E-state index is 13.1. The van der Waals surface area contributed by atoms with E-state index in [2.05, 4.69) is 15.9 Å². The molecule has 0 aromatic heterocycles. The van der Waals surface area contributed by atoms with Crippen LogP contribution in [0.2, 0.25) is 0 Å². The van der Waals surface area contributed by atoms with Gasteiger partial charge in [-0.1, -0.05) is 46.3 Å². The van der Waals surface area contributed by atoms with Crippen LogP contribution in [-0.4, -0.2) is 5.11 Å². The third-order valence-electron chi connectivity index (χ3n) is 3.92. The summed E-state index contributed by atoms with van der Waals surface area (Å²) in [5.41, 5.74) is 7.86. The van der Waals surface area contributed by atoms with Gasteiger partial charge in [-0.15, -0.1) is 0 Å². The fourth-order valence-electron chi connectivity index (χ4n) is 2.98. The monoisotopic (exact) mass is 335 g/mol. The van der Waals surface area contributed by atoms with E-state index in [4.69, 9.17) is 5.73 Å². The van der Waals surface area contributed by atoms with Crippen LogP contribution in [0, 0.1) is 5.82 Å². The summed E-state index contributed by atoms with van der Waals surface area (Å²) < 4.78 is 13.8. The topological polar surface area (TPSA) is 46.2 Å². The fourth-order valence-corrected chi connectivity index (χ4v) is 3.47. The summed E-state index contributed by atoms with van der Waals surface area (Å²) >= 11 is 3.35. The summed E-state index contributed by atoms with van der Waals surface area (Å²) in [6.45, 7) is 0. The lowest BCUT2D eigenvalue weighted by atomic mass is 9.88. The van der Waals surface area contributed by atoms with Crippen molar-refractivity contribution in [1.82, 2.24) is 0 Å². The predicted molar refractivity (Wildman–Crippen MR) is 79.7 cm³/mol. The molecule has 2 unspecified atom stereocenters. The molecule has 2 atom stereocenters. The summed E-state index contributed by atoms with van der Waals surface area (Å²) in [5.74, 6) is -0.295. The highest BCUT2D eigenvalue weighted by Crippen LogP contribution is 2.44. The average Bonchev–Trinajstić information content (AvgIpc) is 2.66. The van der Waals surface area contributed by atoms with Crippen LogP contribution in [0.5, 0.6) is 0 Å². The molecule has 0 saturated heterocycles. The van der Waals surface area contributed by atoms with Gasteiger partial charge >= 0.3 is 0 Å². The molecule has 2 aromatic rings. The van der Waals surface area contributed by atoms with Gasteiger partial charge in [0.05, 0.1) is 5.60 Å². The lowest BCUT2D eigenvalue weighted by Crippen LogP contribution is -2.26. The van der Waals surface area contributed by atoms with Crippen LogP contribution in [0.1, 0.15) is 29.2 Å². The minimum absolute atomic E-state index is 0.157. The molecule has 4 heteroatoms. The summed E-state index contributed by atoms with van der Waals surface area (Å²) in [4.78, 5) is 0. The molecule has 0 amide bonds. The van der Waals surface area contributed by atoms with Crippen molar-refractivity contribution in [2.24, 2.45) is 5.73 Å². The molecule has 2 nitrogen and oxygen atoms in total. The Labute approximate surface area is 125 Å². The van der Waals surface area contributed by atoms with E-state index in [9.17, 15) is 9.50 Å². The molecule has 104 valence electrons. The molecule has 0 aliphatic heterocycles. The number of rotatable bonds is 2. The molecule has 0 spiro atoms. The van der Waals surface area contributed by atoms with E-state index in [1.165, 1.54) is 12.1 Å². The Hall–Kier alpha value is -1.23. The minimum Gasteiger partial charge on any atom is -0.385 e. The van der Waals surface area contributed by atoms with Crippen molar-refractivity contribution in [2.75, 3.05) is 0 Å². The molecule has 20 heavy (non-hydrogen) atoms. The van der Waals surface area contributed by atoms with Gasteiger partial charge in [-0.25, -0.2) is 4.39 Å². The number of nitrogens with two attached hydrogens (primary N) is 1. The largest absolute Gasteiger partial charge is 0.385 e. The zero-order valence-corrected chi connectivity index (χ0v) is 12.4. The normalized spacial score (nSPS) is 24.7. The molecule has 2 aromatic carbocycles. The molecular formula is C16H15BrFNO. The van der Waals surface area contributed by atoms with E-state index in [0.717, 1.165) is 16.7 Å². The Morgan fingerprint density at radius 3 is 2.80 bits per heavy atom. The first-order chi connectivity index (χ1) is 9.49. The maximum atomic E-state index is 13.1. The zero-order chi connectivity index (χ0) is 14.3. The van der Waals surface area contributed by atoms with E-state index < -0.39 is 5.60 Å². The first-order valence-corrected chi connectivity index (χ1v) is 7.30. The van der Waals surface area contributed by atoms with Crippen molar-refractivity contribution in [1.29, 1.82) is 0 Å². The van der Waals surface area contributed by atoms with Crippen LogP contribution < -0.4 is 5.73 Å². The summed E-state index contributed by atoms with van der Waals surface area (Å²) in [7, 11) is 0. The summed E-state index contributed by atoms with van der Waals surface area (Å²) in [6.07, 6.45) is 0.898. The second-order valence-corrected chi connectivity index (χ2v) is 6.20. The molecule has 1 aliphatic carbocycles. The average molecular weight is 336 g/mol. The third-order valence-corrected chi connectivity index (χ3v) is 4.66. The fraction of sp³-hybridized carbons (Fsp3) is 0.250. The highest BCUT2D eigenvalue weighted by Gasteiger charge is 2.41. The van der Waals surface area contributed by atoms with Crippen molar-refractivity contribution in [3.8, 4) is 0 Å². The van der Waals surface area contributed by atoms with Crippen LogP contribution in [0.15, 0.2) is 46.9 Å². The van der Waals surface area contributed by atoms with Gasteiger partial charge in [0.2, 0.25) is 0 Å². The number of hydrogen-bond donors (Lipinski definition) is 2. The molecule has 0 fully saturated rings. The van der Waals surface area contributed by atoms with E-state index in [0.29, 0.717) is 17.3 Å². The Morgan fingerprint density at radius 1 is 1.30 bits per heavy atom. The van der Waals surface area contributed by atoms with Crippen molar-refractivity contribution >= 4 is 15.9 Å². The highest BCUT2D eigenvalue weighted by molar-refractivity contribution is 9.10. The molecular weight excluding hydrogens is 321 g/mol. The van der Waals surface area contributed by atoms with E-state index in [-0.39, 0.29) is 11.9 Å². The molecule has 0 bridgehead atoms. The van der Waals surface area contributed by atoms with Gasteiger partial charge in [0.25, 0.3) is 0 Å². The smallest absolute Gasteiger partial charge is 0.124 e. The highest BCUT2D eigenvalue weighted by atomic mass is 79.9. The third kappa shape index (κ3) is 2.28. The summed E-state index contributed by atoms with van der Waals surface area (Å²) in [6, 6.07) is 12.1. The Kier molecular flexibility index (Phi) is 3.40. The summed E-state index contributed by atoms with van der Waals surface area (Å²) in [5, 5.41) is 11.0. The standard InChI is InChI=1S/C16H15BrFNO/c17-14-7-11(18)6-5-10(14)8-16(20)9-15(19)12-3-1-2-4-13(12)16/h1-7,15,20H,8-9,19H2. The van der Waals surface area contributed by atoms with Crippen LogP contribution in [-0.2, 0) is 12.0 Å². The lowest BCUT2D eigenvalue weighted by Gasteiger charge is -2.25. The van der Waals surface area contributed by atoms with E-state index in [1.807, 2.05) is 24.3 Å². The van der Waals surface area contributed by atoms with Gasteiger partial charge in [0.15, 0.2) is 0 Å². The predicted octanol–water partition coefficient (Wildman–Crippen LogP) is 3.42. The minimum atomic E-state index is -0.990. The number of benzene rings is 2. The van der Waals surface area contributed by atoms with Crippen LogP contribution in [0.3, 0.4) is 0 Å². The van der Waals surface area contributed by atoms with E-state index >= 15 is 0 Å². The number of fused-ring (bicyclic) bond motifs is 1. The Bertz CT molecular complexity index is 661. The number of hydrogen-bond acceptors (Lipinski definition) is 2. The molecule has 3 N–H and O–H groups in total. The molecule has 3 rings (SSSR count). The Morgan fingerprint density at radius 2 is 2.05 bits per heavy atom. The molecule has 1 aliphatic rings. The SMILES string of the molecule is NC1CC(O)(Cc2ccc(F)cc2Br)c2ccccc21. The van der Waals surface area contributed by atoms with Crippen LogP contribution in [0.4, 0.5) is 4.39 Å². The quantitative estimate of drug-likeness (QED) is 0.883. The first-order valence-electron chi connectivity index (χ1n) is 6.51. The van der Waals surface area contributed by atoms with Gasteiger partial charge in [-0.2, -0.15) is 0 Å². The molecule has 0 radical (unpaired) electrons. The van der Waals surface area contributed by atoms with Gasteiger partial charge < -0.3 is 10.8 Å². The van der Waals surface area contributed by atoms with Gasteiger partial charge in [0.1, 0.15) is 5.82 Å². The Balaban J connectivity index is 1.98. The van der Waals surface area contributed by atoms with Gasteiger partial charge in [-0.05, 0) is 35.2 Å².